The standard InChI is InChI=1S/C26H29N3O4S/c1-18-6-13-24(14-7-18)34(31,32)29(25-15-8-19(2)16-20(25)3)17-26(30)28-27-21(4)22-9-11-23(33-5)12-10-22/h6-16H,17H2,1-5H3,(H,28,30)/b27-21-. The maximum absolute atomic E-state index is 13.5. The zero-order chi connectivity index (χ0) is 24.9. The van der Waals surface area contributed by atoms with Crippen LogP contribution in [0.5, 0.6) is 5.75 Å². The summed E-state index contributed by atoms with van der Waals surface area (Å²) in [6.45, 7) is 6.98. The van der Waals surface area contributed by atoms with Crippen molar-refractivity contribution < 1.29 is 17.9 Å². The number of aryl methyl sites for hydroxylation is 3. The highest BCUT2D eigenvalue weighted by Crippen LogP contribution is 2.27. The summed E-state index contributed by atoms with van der Waals surface area (Å²) in [5.41, 5.74) is 7.00. The minimum absolute atomic E-state index is 0.115. The highest BCUT2D eigenvalue weighted by Gasteiger charge is 2.28. The van der Waals surface area contributed by atoms with Gasteiger partial charge in [0.1, 0.15) is 12.3 Å². The number of amides is 1. The molecular weight excluding hydrogens is 450 g/mol. The van der Waals surface area contributed by atoms with Gasteiger partial charge in [-0.15, -0.1) is 0 Å². The van der Waals surface area contributed by atoms with Crippen molar-refractivity contribution in [3.05, 3.63) is 89.0 Å². The summed E-state index contributed by atoms with van der Waals surface area (Å²) in [4.78, 5) is 12.9. The number of sulfonamides is 1. The Morgan fingerprint density at radius 1 is 0.941 bits per heavy atom. The maximum Gasteiger partial charge on any atom is 0.264 e. The molecule has 0 heterocycles. The van der Waals surface area contributed by atoms with Crippen LogP contribution >= 0.6 is 0 Å². The third-order valence-electron chi connectivity index (χ3n) is 5.37. The van der Waals surface area contributed by atoms with Crippen molar-refractivity contribution in [2.75, 3.05) is 18.0 Å². The van der Waals surface area contributed by atoms with Crippen molar-refractivity contribution in [3.8, 4) is 5.75 Å². The van der Waals surface area contributed by atoms with E-state index in [0.717, 1.165) is 26.6 Å². The second-order valence-electron chi connectivity index (χ2n) is 8.08. The first kappa shape index (κ1) is 25.0. The number of nitrogens with one attached hydrogen (secondary N) is 1. The highest BCUT2D eigenvalue weighted by molar-refractivity contribution is 7.92. The third-order valence-corrected chi connectivity index (χ3v) is 7.15. The first-order valence-electron chi connectivity index (χ1n) is 10.8. The molecule has 0 fully saturated rings. The van der Waals surface area contributed by atoms with Crippen molar-refractivity contribution in [3.63, 3.8) is 0 Å². The summed E-state index contributed by atoms with van der Waals surface area (Å²) >= 11 is 0. The molecule has 0 saturated heterocycles. The van der Waals surface area contributed by atoms with Gasteiger partial charge in [-0.3, -0.25) is 9.10 Å². The minimum atomic E-state index is -3.99. The van der Waals surface area contributed by atoms with E-state index in [4.69, 9.17) is 4.74 Å². The number of nitrogens with zero attached hydrogens (tertiary/aromatic N) is 2. The second-order valence-corrected chi connectivity index (χ2v) is 9.94. The molecule has 0 aliphatic carbocycles. The van der Waals surface area contributed by atoms with E-state index in [2.05, 4.69) is 10.5 Å². The predicted octanol–water partition coefficient (Wildman–Crippen LogP) is 4.36. The fourth-order valence-electron chi connectivity index (χ4n) is 3.43. The highest BCUT2D eigenvalue weighted by atomic mass is 32.2. The minimum Gasteiger partial charge on any atom is -0.497 e. The first-order chi connectivity index (χ1) is 16.1. The SMILES string of the molecule is COc1ccc(/C(C)=N\NC(=O)CN(c2ccc(C)cc2C)S(=O)(=O)c2ccc(C)cc2)cc1. The van der Waals surface area contributed by atoms with Crippen LogP contribution < -0.4 is 14.5 Å². The van der Waals surface area contributed by atoms with Gasteiger partial charge in [0.15, 0.2) is 0 Å². The predicted molar refractivity (Wildman–Crippen MR) is 135 cm³/mol. The lowest BCUT2D eigenvalue weighted by Crippen LogP contribution is -2.40. The number of ether oxygens (including phenoxy) is 1. The number of carbonyl (C=O) groups excluding carboxylic acids is 1. The first-order valence-corrected chi connectivity index (χ1v) is 12.2. The van der Waals surface area contributed by atoms with Gasteiger partial charge in [0.25, 0.3) is 15.9 Å². The van der Waals surface area contributed by atoms with Crippen LogP contribution in [0.15, 0.2) is 76.7 Å². The molecule has 3 aromatic carbocycles. The summed E-state index contributed by atoms with van der Waals surface area (Å²) < 4.78 is 33.3. The van der Waals surface area contributed by atoms with Gasteiger partial charge in [-0.05, 0) is 81.3 Å². The van der Waals surface area contributed by atoms with E-state index < -0.39 is 22.5 Å². The Labute approximate surface area is 201 Å². The van der Waals surface area contributed by atoms with Crippen molar-refractivity contribution in [1.29, 1.82) is 0 Å². The molecule has 1 N–H and O–H groups in total. The maximum atomic E-state index is 13.5. The molecule has 0 aliphatic rings. The van der Waals surface area contributed by atoms with E-state index in [0.29, 0.717) is 17.1 Å². The van der Waals surface area contributed by atoms with Crippen molar-refractivity contribution in [2.24, 2.45) is 5.10 Å². The Bertz CT molecular complexity index is 1300. The fourth-order valence-corrected chi connectivity index (χ4v) is 4.92. The summed E-state index contributed by atoms with van der Waals surface area (Å²) in [6, 6.07) is 19.2. The number of carbonyl (C=O) groups is 1. The quantitative estimate of drug-likeness (QED) is 0.384. The molecule has 0 spiro atoms. The Kier molecular flexibility index (Phi) is 7.73. The molecule has 0 aromatic heterocycles. The van der Waals surface area contributed by atoms with Crippen molar-refractivity contribution >= 4 is 27.3 Å². The van der Waals surface area contributed by atoms with Gasteiger partial charge in [0, 0.05) is 0 Å². The van der Waals surface area contributed by atoms with Crippen LogP contribution in [0, 0.1) is 20.8 Å². The molecular formula is C26H29N3O4S. The summed E-state index contributed by atoms with van der Waals surface area (Å²) in [6.07, 6.45) is 0. The van der Waals surface area contributed by atoms with E-state index in [1.165, 1.54) is 0 Å². The van der Waals surface area contributed by atoms with Crippen LogP contribution in [-0.4, -0.2) is 33.7 Å². The topological polar surface area (TPSA) is 88.1 Å². The molecule has 3 rings (SSSR count). The lowest BCUT2D eigenvalue weighted by molar-refractivity contribution is -0.119. The van der Waals surface area contributed by atoms with Gasteiger partial charge in [-0.25, -0.2) is 13.8 Å². The molecule has 7 nitrogen and oxygen atoms in total. The monoisotopic (exact) mass is 479 g/mol. The molecule has 34 heavy (non-hydrogen) atoms. The molecule has 0 bridgehead atoms. The molecule has 0 radical (unpaired) electrons. The molecule has 0 atom stereocenters. The third kappa shape index (κ3) is 5.82. The number of rotatable bonds is 8. The van der Waals surface area contributed by atoms with Crippen molar-refractivity contribution in [1.82, 2.24) is 5.43 Å². The number of hydrogen-bond donors (Lipinski definition) is 1. The lowest BCUT2D eigenvalue weighted by Gasteiger charge is -2.25. The Morgan fingerprint density at radius 2 is 1.56 bits per heavy atom. The largest absolute Gasteiger partial charge is 0.497 e. The number of hydrogen-bond acceptors (Lipinski definition) is 5. The Balaban J connectivity index is 1.89. The molecule has 0 aliphatic heterocycles. The summed E-state index contributed by atoms with van der Waals surface area (Å²) in [7, 11) is -2.40. The van der Waals surface area contributed by atoms with Crippen LogP contribution in [0.3, 0.4) is 0 Å². The van der Waals surface area contributed by atoms with Gasteiger partial charge in [-0.1, -0.05) is 35.4 Å². The van der Waals surface area contributed by atoms with Gasteiger partial charge < -0.3 is 4.74 Å². The van der Waals surface area contributed by atoms with Gasteiger partial charge in [-0.2, -0.15) is 5.10 Å². The average molecular weight is 480 g/mol. The van der Waals surface area contributed by atoms with E-state index in [1.54, 1.807) is 56.5 Å². The second kappa shape index (κ2) is 10.5. The molecule has 178 valence electrons. The van der Waals surface area contributed by atoms with E-state index in [-0.39, 0.29) is 4.90 Å². The van der Waals surface area contributed by atoms with Gasteiger partial charge in [0.2, 0.25) is 0 Å². The van der Waals surface area contributed by atoms with E-state index >= 15 is 0 Å². The van der Waals surface area contributed by atoms with Crippen LogP contribution in [0.25, 0.3) is 0 Å². The zero-order valence-electron chi connectivity index (χ0n) is 20.0. The van der Waals surface area contributed by atoms with Crippen LogP contribution in [0.1, 0.15) is 29.2 Å². The zero-order valence-corrected chi connectivity index (χ0v) is 20.8. The van der Waals surface area contributed by atoms with Crippen LogP contribution in [0.2, 0.25) is 0 Å². The number of methoxy groups -OCH3 is 1. The number of hydrazone groups is 1. The van der Waals surface area contributed by atoms with Crippen LogP contribution in [-0.2, 0) is 14.8 Å². The fraction of sp³-hybridized carbons (Fsp3) is 0.231. The van der Waals surface area contributed by atoms with Gasteiger partial charge in [0.05, 0.1) is 23.4 Å². The normalized spacial score (nSPS) is 11.7. The average Bonchev–Trinajstić information content (AvgIpc) is 2.81. The number of benzene rings is 3. The smallest absolute Gasteiger partial charge is 0.264 e. The summed E-state index contributed by atoms with van der Waals surface area (Å²) in [5.74, 6) is 0.162. The van der Waals surface area contributed by atoms with E-state index in [9.17, 15) is 13.2 Å². The van der Waals surface area contributed by atoms with Crippen molar-refractivity contribution in [2.45, 2.75) is 32.6 Å². The Hall–Kier alpha value is -3.65. The summed E-state index contributed by atoms with van der Waals surface area (Å²) in [5, 5.41) is 4.15. The molecule has 0 unspecified atom stereocenters. The molecule has 0 saturated carbocycles. The van der Waals surface area contributed by atoms with Crippen LogP contribution in [0.4, 0.5) is 5.69 Å². The van der Waals surface area contributed by atoms with Gasteiger partial charge >= 0.3 is 0 Å². The molecule has 8 heteroatoms. The molecule has 3 aromatic rings. The lowest BCUT2D eigenvalue weighted by atomic mass is 10.1. The molecule has 1 amide bonds. The number of anilines is 1. The van der Waals surface area contributed by atoms with E-state index in [1.807, 2.05) is 45.0 Å². The Morgan fingerprint density at radius 3 is 2.15 bits per heavy atom.